The molecule has 4 nitrogen and oxygen atoms in total. The van der Waals surface area contributed by atoms with Gasteiger partial charge in [-0.3, -0.25) is 4.79 Å². The molecular weight excluding hydrogens is 326 g/mol. The molecule has 0 unspecified atom stereocenters. The van der Waals surface area contributed by atoms with Crippen molar-refractivity contribution in [3.05, 3.63) is 58.7 Å². The molecule has 0 fully saturated rings. The maximum absolute atomic E-state index is 12.4. The summed E-state index contributed by atoms with van der Waals surface area (Å²) in [7, 11) is 0. The molecule has 0 bridgehead atoms. The number of anilines is 1. The highest BCUT2D eigenvalue weighted by molar-refractivity contribution is 6.07. The number of aromatic hydroxyl groups is 1. The van der Waals surface area contributed by atoms with Crippen LogP contribution in [0.2, 0.25) is 0 Å². The number of allylic oxidation sites excluding steroid dienone is 1. The van der Waals surface area contributed by atoms with Gasteiger partial charge in [0.25, 0.3) is 0 Å². The number of hydrogen-bond donors (Lipinski definition) is 2. The minimum Gasteiger partial charge on any atom is -0.507 e. The summed E-state index contributed by atoms with van der Waals surface area (Å²) in [5.74, 6) is 0.688. The summed E-state index contributed by atoms with van der Waals surface area (Å²) in [6.45, 7) is 6.64. The lowest BCUT2D eigenvalue weighted by Crippen LogP contribution is -2.03. The third kappa shape index (κ3) is 4.45. The zero-order valence-electron chi connectivity index (χ0n) is 15.7. The quantitative estimate of drug-likeness (QED) is 0.407. The van der Waals surface area contributed by atoms with E-state index in [1.165, 1.54) is 6.08 Å². The smallest absolute Gasteiger partial charge is 0.185 e. The number of ether oxygens (including phenoxy) is 1. The van der Waals surface area contributed by atoms with Crippen LogP contribution in [0.25, 0.3) is 6.08 Å². The second-order valence-corrected chi connectivity index (χ2v) is 6.16. The average molecular weight is 353 g/mol. The van der Waals surface area contributed by atoms with Crippen LogP contribution in [-0.2, 0) is 12.8 Å². The van der Waals surface area contributed by atoms with Crippen molar-refractivity contribution in [2.45, 2.75) is 40.0 Å². The van der Waals surface area contributed by atoms with Crippen LogP contribution in [-0.4, -0.2) is 17.5 Å². The molecule has 2 aromatic carbocycles. The van der Waals surface area contributed by atoms with E-state index in [-0.39, 0.29) is 11.5 Å². The van der Waals surface area contributed by atoms with Crippen molar-refractivity contribution >= 4 is 17.5 Å². The molecule has 0 heterocycles. The molecule has 0 saturated carbocycles. The number of rotatable bonds is 8. The van der Waals surface area contributed by atoms with E-state index in [1.54, 1.807) is 30.3 Å². The van der Waals surface area contributed by atoms with Gasteiger partial charge in [-0.05, 0) is 72.9 Å². The third-order valence-electron chi connectivity index (χ3n) is 4.25. The topological polar surface area (TPSA) is 72.5 Å². The summed E-state index contributed by atoms with van der Waals surface area (Å²) in [6.07, 6.45) is 5.49. The number of nitrogens with two attached hydrogens (primary N) is 1. The Kier molecular flexibility index (Phi) is 6.84. The lowest BCUT2D eigenvalue weighted by Gasteiger charge is -2.17. The maximum atomic E-state index is 12.4. The van der Waals surface area contributed by atoms with Crippen molar-refractivity contribution in [2.24, 2.45) is 0 Å². The first-order chi connectivity index (χ1) is 12.5. The Balaban J connectivity index is 2.44. The number of benzene rings is 2. The van der Waals surface area contributed by atoms with Crippen molar-refractivity contribution in [1.29, 1.82) is 0 Å². The highest BCUT2D eigenvalue weighted by Crippen LogP contribution is 2.37. The Morgan fingerprint density at radius 3 is 2.35 bits per heavy atom. The molecule has 0 spiro atoms. The van der Waals surface area contributed by atoms with Crippen LogP contribution in [0.15, 0.2) is 36.4 Å². The van der Waals surface area contributed by atoms with E-state index < -0.39 is 0 Å². The molecule has 4 heteroatoms. The van der Waals surface area contributed by atoms with E-state index in [0.717, 1.165) is 24.0 Å². The monoisotopic (exact) mass is 353 g/mol. The molecule has 0 atom stereocenters. The van der Waals surface area contributed by atoms with E-state index in [9.17, 15) is 9.90 Å². The Morgan fingerprint density at radius 1 is 1.12 bits per heavy atom. The first-order valence-electron chi connectivity index (χ1n) is 9.10. The van der Waals surface area contributed by atoms with Crippen LogP contribution in [0.5, 0.6) is 11.5 Å². The predicted octanol–water partition coefficient (Wildman–Crippen LogP) is 4.78. The molecule has 26 heavy (non-hydrogen) atoms. The lowest BCUT2D eigenvalue weighted by molar-refractivity contribution is 0.104. The molecule has 2 aromatic rings. The Labute approximate surface area is 155 Å². The van der Waals surface area contributed by atoms with E-state index in [2.05, 4.69) is 6.92 Å². The predicted molar refractivity (Wildman–Crippen MR) is 107 cm³/mol. The van der Waals surface area contributed by atoms with Gasteiger partial charge in [-0.2, -0.15) is 0 Å². The fraction of sp³-hybridized carbons (Fsp3) is 0.318. The summed E-state index contributed by atoms with van der Waals surface area (Å²) in [4.78, 5) is 12.4. The molecule has 0 aliphatic rings. The lowest BCUT2D eigenvalue weighted by atomic mass is 9.98. The SMILES string of the molecule is CCCOc1c(CC)cc(CC)c(O)c1/C=C/C(=O)c1ccc(N)cc1. The standard InChI is InChI=1S/C22H27NO3/c1-4-13-26-22-16(6-3)14-15(5-2)21(25)19(22)11-12-20(24)17-7-9-18(23)10-8-17/h7-12,14,25H,4-6,13,23H2,1-3H3/b12-11+. The molecule has 0 saturated heterocycles. The number of nitrogen functional groups attached to an aromatic ring is 1. The van der Waals surface area contributed by atoms with Gasteiger partial charge in [0.1, 0.15) is 11.5 Å². The van der Waals surface area contributed by atoms with Crippen LogP contribution in [0.3, 0.4) is 0 Å². The van der Waals surface area contributed by atoms with Gasteiger partial charge >= 0.3 is 0 Å². The van der Waals surface area contributed by atoms with Crippen LogP contribution in [0.4, 0.5) is 5.69 Å². The molecule has 3 N–H and O–H groups in total. The van der Waals surface area contributed by atoms with Crippen molar-refractivity contribution in [1.82, 2.24) is 0 Å². The first-order valence-corrected chi connectivity index (χ1v) is 9.10. The van der Waals surface area contributed by atoms with Crippen LogP contribution < -0.4 is 10.5 Å². The zero-order valence-corrected chi connectivity index (χ0v) is 15.7. The maximum Gasteiger partial charge on any atom is 0.185 e. The molecule has 2 rings (SSSR count). The van der Waals surface area contributed by atoms with Crippen LogP contribution >= 0.6 is 0 Å². The molecule has 0 radical (unpaired) electrons. The van der Waals surface area contributed by atoms with E-state index >= 15 is 0 Å². The number of carbonyl (C=O) groups is 1. The van der Waals surface area contributed by atoms with E-state index in [0.29, 0.717) is 35.6 Å². The van der Waals surface area contributed by atoms with Gasteiger partial charge in [0.2, 0.25) is 0 Å². The summed E-state index contributed by atoms with van der Waals surface area (Å²) in [5.41, 5.74) is 9.28. The van der Waals surface area contributed by atoms with Gasteiger partial charge in [0.05, 0.1) is 12.2 Å². The van der Waals surface area contributed by atoms with E-state index in [1.807, 2.05) is 19.9 Å². The number of phenols is 1. The molecule has 138 valence electrons. The van der Waals surface area contributed by atoms with Crippen LogP contribution in [0.1, 0.15) is 54.2 Å². The minimum atomic E-state index is -0.147. The van der Waals surface area contributed by atoms with Gasteiger partial charge in [0.15, 0.2) is 5.78 Å². The van der Waals surface area contributed by atoms with Gasteiger partial charge in [-0.1, -0.05) is 20.8 Å². The van der Waals surface area contributed by atoms with Gasteiger partial charge < -0.3 is 15.6 Å². The number of ketones is 1. The van der Waals surface area contributed by atoms with Crippen molar-refractivity contribution in [2.75, 3.05) is 12.3 Å². The Morgan fingerprint density at radius 2 is 1.77 bits per heavy atom. The molecule has 0 amide bonds. The molecule has 0 aromatic heterocycles. The highest BCUT2D eigenvalue weighted by atomic mass is 16.5. The van der Waals surface area contributed by atoms with Crippen LogP contribution in [0, 0.1) is 0 Å². The third-order valence-corrected chi connectivity index (χ3v) is 4.25. The minimum absolute atomic E-state index is 0.147. The summed E-state index contributed by atoms with van der Waals surface area (Å²) in [6, 6.07) is 8.76. The molecular formula is C22H27NO3. The summed E-state index contributed by atoms with van der Waals surface area (Å²) in [5, 5.41) is 10.6. The first kappa shape index (κ1) is 19.6. The van der Waals surface area contributed by atoms with Gasteiger partial charge in [0, 0.05) is 11.3 Å². The fourth-order valence-corrected chi connectivity index (χ4v) is 2.76. The number of hydrogen-bond acceptors (Lipinski definition) is 4. The normalized spacial score (nSPS) is 11.0. The van der Waals surface area contributed by atoms with Crippen molar-refractivity contribution in [3.63, 3.8) is 0 Å². The molecule has 0 aliphatic heterocycles. The van der Waals surface area contributed by atoms with Crippen molar-refractivity contribution < 1.29 is 14.6 Å². The van der Waals surface area contributed by atoms with Gasteiger partial charge in [-0.15, -0.1) is 0 Å². The largest absolute Gasteiger partial charge is 0.507 e. The average Bonchev–Trinajstić information content (AvgIpc) is 2.65. The number of carbonyl (C=O) groups excluding carboxylic acids is 1. The second kappa shape index (κ2) is 9.09. The summed E-state index contributed by atoms with van der Waals surface area (Å²) < 4.78 is 5.90. The van der Waals surface area contributed by atoms with E-state index in [4.69, 9.17) is 10.5 Å². The zero-order chi connectivity index (χ0) is 19.1. The highest BCUT2D eigenvalue weighted by Gasteiger charge is 2.16. The number of aryl methyl sites for hydroxylation is 2. The van der Waals surface area contributed by atoms with Gasteiger partial charge in [-0.25, -0.2) is 0 Å². The second-order valence-electron chi connectivity index (χ2n) is 6.16. The molecule has 0 aliphatic carbocycles. The fourth-order valence-electron chi connectivity index (χ4n) is 2.76. The van der Waals surface area contributed by atoms with Crippen molar-refractivity contribution in [3.8, 4) is 11.5 Å². The Bertz CT molecular complexity index is 792. The summed E-state index contributed by atoms with van der Waals surface area (Å²) >= 11 is 0. The Hall–Kier alpha value is -2.75. The number of phenolic OH excluding ortho intramolecular Hbond substituents is 1.